The smallest absolute Gasteiger partial charge is 0.490 e. The van der Waals surface area contributed by atoms with E-state index in [0.717, 1.165) is 42.4 Å². The van der Waals surface area contributed by atoms with Gasteiger partial charge < -0.3 is 9.47 Å². The van der Waals surface area contributed by atoms with Gasteiger partial charge in [0.2, 0.25) is 10.0 Å². The van der Waals surface area contributed by atoms with Gasteiger partial charge in [-0.15, -0.1) is 13.2 Å². The fraction of sp³-hybridized carbons (Fsp3) is 0.458. The third-order valence-electron chi connectivity index (χ3n) is 6.08. The molecule has 0 spiro atoms. The second-order valence-corrected chi connectivity index (χ2v) is 11.5. The average molecular weight is 565 g/mol. The lowest BCUT2D eigenvalue weighted by molar-refractivity contribution is -0.274. The van der Waals surface area contributed by atoms with Gasteiger partial charge in [-0.1, -0.05) is 11.6 Å². The number of nitrogens with zero attached hydrogens (tertiary/aromatic N) is 1. The fourth-order valence-electron chi connectivity index (χ4n) is 4.36. The summed E-state index contributed by atoms with van der Waals surface area (Å²) in [5, 5.41) is 0.0532. The lowest BCUT2D eigenvalue weighted by Crippen LogP contribution is -2.38. The van der Waals surface area contributed by atoms with Crippen LogP contribution in [0.4, 0.5) is 17.6 Å². The van der Waals surface area contributed by atoms with Crippen LogP contribution in [0.25, 0.3) is 0 Å². The summed E-state index contributed by atoms with van der Waals surface area (Å²) in [5.74, 6) is -1.90. The van der Waals surface area contributed by atoms with Crippen molar-refractivity contribution in [2.24, 2.45) is 0 Å². The number of rotatable bonds is 8. The number of alkyl halides is 3. The van der Waals surface area contributed by atoms with Gasteiger partial charge in [0.25, 0.3) is 5.91 Å². The first-order valence-electron chi connectivity index (χ1n) is 11.6. The van der Waals surface area contributed by atoms with Gasteiger partial charge in [0, 0.05) is 30.7 Å². The summed E-state index contributed by atoms with van der Waals surface area (Å²) in [6, 6.07) is 6.35. The summed E-state index contributed by atoms with van der Waals surface area (Å²) in [5.41, 5.74) is 1.26. The molecule has 1 saturated heterocycles. The molecule has 1 aliphatic carbocycles. The summed E-state index contributed by atoms with van der Waals surface area (Å²) in [6.45, 7) is 1.63. The predicted octanol–water partition coefficient (Wildman–Crippen LogP) is 4.99. The van der Waals surface area contributed by atoms with Gasteiger partial charge >= 0.3 is 6.36 Å². The van der Waals surface area contributed by atoms with Crippen LogP contribution in [0.15, 0.2) is 30.3 Å². The van der Waals surface area contributed by atoms with Gasteiger partial charge in [0.15, 0.2) is 0 Å². The molecule has 0 aromatic heterocycles. The number of piperidine rings is 1. The molecule has 1 heterocycles. The van der Waals surface area contributed by atoms with Crippen LogP contribution in [0.3, 0.4) is 0 Å². The molecule has 1 amide bonds. The molecule has 1 aliphatic heterocycles. The maximum atomic E-state index is 14.8. The number of amides is 1. The zero-order valence-electron chi connectivity index (χ0n) is 19.8. The molecule has 1 N–H and O–H groups in total. The lowest BCUT2D eigenvalue weighted by Gasteiger charge is -2.32. The van der Waals surface area contributed by atoms with Crippen molar-refractivity contribution in [3.63, 3.8) is 0 Å². The van der Waals surface area contributed by atoms with Crippen LogP contribution in [0.1, 0.15) is 53.1 Å². The minimum Gasteiger partial charge on any atom is -0.490 e. The van der Waals surface area contributed by atoms with Gasteiger partial charge in [0.1, 0.15) is 23.4 Å². The quantitative estimate of drug-likeness (QED) is 0.455. The standard InChI is InChI=1S/C24H25ClF4N2O5S/c1-37(33,34)30-23(32)21-12-20(14-2-3-14)15(8-22(21)26)13-31-6-4-17(5-7-31)35-18-9-16(25)10-19(11-18)36-24(27,28)29/h8-12,14,17H,2-7,13H2,1H3,(H,30,32). The van der Waals surface area contributed by atoms with Gasteiger partial charge in [0.05, 0.1) is 11.8 Å². The zero-order valence-corrected chi connectivity index (χ0v) is 21.4. The van der Waals surface area contributed by atoms with Crippen molar-refractivity contribution in [2.75, 3.05) is 19.3 Å². The van der Waals surface area contributed by atoms with Gasteiger partial charge in [-0.05, 0) is 67.0 Å². The number of ether oxygens (including phenoxy) is 2. The summed E-state index contributed by atoms with van der Waals surface area (Å²) < 4.78 is 86.8. The van der Waals surface area contributed by atoms with Gasteiger partial charge in [-0.2, -0.15) is 0 Å². The Kier molecular flexibility index (Phi) is 7.91. The number of benzene rings is 2. The van der Waals surface area contributed by atoms with Crippen LogP contribution in [-0.4, -0.2) is 51.0 Å². The lowest BCUT2D eigenvalue weighted by atomic mass is 9.97. The molecule has 37 heavy (non-hydrogen) atoms. The molecule has 202 valence electrons. The minimum absolute atomic E-state index is 0.0532. The Morgan fingerprint density at radius 1 is 1.08 bits per heavy atom. The Labute approximate surface area is 216 Å². The molecule has 1 saturated carbocycles. The van der Waals surface area contributed by atoms with Crippen molar-refractivity contribution in [1.29, 1.82) is 0 Å². The zero-order chi connectivity index (χ0) is 27.0. The maximum absolute atomic E-state index is 14.8. The predicted molar refractivity (Wildman–Crippen MR) is 128 cm³/mol. The van der Waals surface area contributed by atoms with E-state index in [1.807, 2.05) is 0 Å². The average Bonchev–Trinajstić information content (AvgIpc) is 3.57. The van der Waals surface area contributed by atoms with E-state index in [2.05, 4.69) is 9.64 Å². The summed E-state index contributed by atoms with van der Waals surface area (Å²) in [6.07, 6.45) is -1.30. The monoisotopic (exact) mass is 564 g/mol. The Morgan fingerprint density at radius 3 is 2.32 bits per heavy atom. The molecular formula is C24H25ClF4N2O5S. The number of nitrogens with one attached hydrogen (secondary N) is 1. The first-order chi connectivity index (χ1) is 17.3. The van der Waals surface area contributed by atoms with Crippen molar-refractivity contribution < 1.29 is 40.2 Å². The Balaban J connectivity index is 1.39. The molecule has 2 aromatic rings. The second kappa shape index (κ2) is 10.7. The highest BCUT2D eigenvalue weighted by molar-refractivity contribution is 7.89. The van der Waals surface area contributed by atoms with Gasteiger partial charge in [-0.25, -0.2) is 17.5 Å². The topological polar surface area (TPSA) is 84.9 Å². The van der Waals surface area contributed by atoms with Crippen molar-refractivity contribution >= 4 is 27.5 Å². The largest absolute Gasteiger partial charge is 0.573 e. The molecule has 13 heteroatoms. The van der Waals surface area contributed by atoms with E-state index in [0.29, 0.717) is 32.5 Å². The number of carbonyl (C=O) groups excluding carboxylic acids is 1. The van der Waals surface area contributed by atoms with Crippen LogP contribution < -0.4 is 14.2 Å². The van der Waals surface area contributed by atoms with Crippen LogP contribution >= 0.6 is 11.6 Å². The number of hydrogen-bond acceptors (Lipinski definition) is 6. The molecular weight excluding hydrogens is 540 g/mol. The first kappa shape index (κ1) is 27.5. The van der Waals surface area contributed by atoms with Crippen molar-refractivity contribution in [3.05, 3.63) is 57.9 Å². The number of hydrogen-bond donors (Lipinski definition) is 1. The van der Waals surface area contributed by atoms with E-state index < -0.39 is 33.9 Å². The van der Waals surface area contributed by atoms with Crippen molar-refractivity contribution in [1.82, 2.24) is 9.62 Å². The first-order valence-corrected chi connectivity index (χ1v) is 13.8. The third kappa shape index (κ3) is 7.96. The molecule has 0 atom stereocenters. The molecule has 0 unspecified atom stereocenters. The van der Waals surface area contributed by atoms with E-state index in [9.17, 15) is 30.8 Å². The number of likely N-dealkylation sites (tertiary alicyclic amines) is 1. The number of sulfonamides is 1. The molecule has 0 radical (unpaired) electrons. The Hall–Kier alpha value is -2.57. The van der Waals surface area contributed by atoms with Crippen molar-refractivity contribution in [2.45, 2.75) is 50.6 Å². The maximum Gasteiger partial charge on any atom is 0.573 e. The molecule has 4 rings (SSSR count). The number of halogens is 5. The summed E-state index contributed by atoms with van der Waals surface area (Å²) in [4.78, 5) is 14.4. The minimum atomic E-state index is -4.85. The Bertz CT molecular complexity index is 1280. The van der Waals surface area contributed by atoms with E-state index in [1.165, 1.54) is 18.2 Å². The molecule has 0 bridgehead atoms. The molecule has 7 nitrogen and oxygen atoms in total. The van der Waals surface area contributed by atoms with E-state index in [-0.39, 0.29) is 28.4 Å². The molecule has 2 fully saturated rings. The van der Waals surface area contributed by atoms with E-state index in [4.69, 9.17) is 16.3 Å². The summed E-state index contributed by atoms with van der Waals surface area (Å²) in [7, 11) is -3.83. The van der Waals surface area contributed by atoms with E-state index >= 15 is 0 Å². The highest BCUT2D eigenvalue weighted by atomic mass is 35.5. The van der Waals surface area contributed by atoms with Crippen molar-refractivity contribution in [3.8, 4) is 11.5 Å². The van der Waals surface area contributed by atoms with Crippen LogP contribution in [-0.2, 0) is 16.6 Å². The number of carbonyl (C=O) groups is 1. The van der Waals surface area contributed by atoms with Crippen LogP contribution in [0, 0.1) is 5.82 Å². The van der Waals surface area contributed by atoms with E-state index in [1.54, 1.807) is 4.72 Å². The molecule has 2 aliphatic rings. The SMILES string of the molecule is CS(=O)(=O)NC(=O)c1cc(C2CC2)c(CN2CCC(Oc3cc(Cl)cc(OC(F)(F)F)c3)CC2)cc1F. The van der Waals surface area contributed by atoms with Crippen LogP contribution in [0.2, 0.25) is 5.02 Å². The fourth-order valence-corrected chi connectivity index (χ4v) is 5.02. The third-order valence-corrected chi connectivity index (χ3v) is 6.85. The van der Waals surface area contributed by atoms with Gasteiger partial charge in [-0.3, -0.25) is 9.69 Å². The normalized spacial score (nSPS) is 17.5. The Morgan fingerprint density at radius 2 is 1.73 bits per heavy atom. The highest BCUT2D eigenvalue weighted by Gasteiger charge is 2.32. The molecule has 2 aromatic carbocycles. The second-order valence-electron chi connectivity index (χ2n) is 9.27. The highest BCUT2D eigenvalue weighted by Crippen LogP contribution is 2.43. The summed E-state index contributed by atoms with van der Waals surface area (Å²) >= 11 is 5.91. The van der Waals surface area contributed by atoms with Crippen LogP contribution in [0.5, 0.6) is 11.5 Å².